The summed E-state index contributed by atoms with van der Waals surface area (Å²) in [6.45, 7) is 3.23. The average Bonchev–Trinajstić information content (AvgIpc) is 3.49. The van der Waals surface area contributed by atoms with Crippen molar-refractivity contribution < 1.29 is 14.3 Å². The van der Waals surface area contributed by atoms with E-state index in [1.807, 2.05) is 23.7 Å². The van der Waals surface area contributed by atoms with Crippen LogP contribution < -0.4 is 11.1 Å². The molecule has 2 unspecified atom stereocenters. The van der Waals surface area contributed by atoms with E-state index >= 15 is 0 Å². The lowest BCUT2D eigenvalue weighted by Crippen LogP contribution is -2.49. The van der Waals surface area contributed by atoms with Crippen LogP contribution in [0.3, 0.4) is 0 Å². The molecule has 2 aliphatic rings. The van der Waals surface area contributed by atoms with Crippen LogP contribution in [0.1, 0.15) is 49.3 Å². The van der Waals surface area contributed by atoms with Crippen molar-refractivity contribution in [2.24, 2.45) is 5.92 Å². The molecule has 0 spiro atoms. The Morgan fingerprint density at radius 3 is 2.88 bits per heavy atom. The van der Waals surface area contributed by atoms with Gasteiger partial charge in [0, 0.05) is 23.7 Å². The second-order valence-electron chi connectivity index (χ2n) is 8.88. The first-order valence-electron chi connectivity index (χ1n) is 11.3. The zero-order valence-corrected chi connectivity index (χ0v) is 19.4. The SMILES string of the molecule is CC1CCCCC1N(Cc1ccc2scnc2c1)C(=O)C(=O)Nc1cnc(N)c2c1COC2. The number of fused-ring (bicyclic) bond motifs is 2. The highest BCUT2D eigenvalue weighted by Crippen LogP contribution is 2.32. The molecule has 2 atom stereocenters. The molecule has 2 amide bonds. The van der Waals surface area contributed by atoms with Gasteiger partial charge < -0.3 is 20.7 Å². The first kappa shape index (κ1) is 21.8. The van der Waals surface area contributed by atoms with Crippen LogP contribution in [0.15, 0.2) is 29.9 Å². The summed E-state index contributed by atoms with van der Waals surface area (Å²) >= 11 is 1.59. The normalized spacial score (nSPS) is 19.9. The lowest BCUT2D eigenvalue weighted by Gasteiger charge is -2.38. The number of nitrogen functional groups attached to an aromatic ring is 1. The van der Waals surface area contributed by atoms with Crippen LogP contribution in [0.4, 0.5) is 11.5 Å². The van der Waals surface area contributed by atoms with Gasteiger partial charge in [0.25, 0.3) is 0 Å². The maximum absolute atomic E-state index is 13.5. The van der Waals surface area contributed by atoms with Gasteiger partial charge in [0.1, 0.15) is 5.82 Å². The molecule has 1 aliphatic heterocycles. The van der Waals surface area contributed by atoms with E-state index in [4.69, 9.17) is 10.5 Å². The molecule has 1 fully saturated rings. The predicted molar refractivity (Wildman–Crippen MR) is 127 cm³/mol. The van der Waals surface area contributed by atoms with Crippen molar-refractivity contribution >= 4 is 44.9 Å². The Balaban J connectivity index is 1.41. The van der Waals surface area contributed by atoms with E-state index in [9.17, 15) is 9.59 Å². The summed E-state index contributed by atoms with van der Waals surface area (Å²) in [5, 5.41) is 2.78. The van der Waals surface area contributed by atoms with Crippen LogP contribution in [0.25, 0.3) is 10.2 Å². The molecule has 5 rings (SSSR count). The first-order chi connectivity index (χ1) is 16.0. The van der Waals surface area contributed by atoms with Gasteiger partial charge in [-0.15, -0.1) is 11.3 Å². The maximum atomic E-state index is 13.5. The van der Waals surface area contributed by atoms with Crippen molar-refractivity contribution in [2.45, 2.75) is 58.4 Å². The van der Waals surface area contributed by atoms with E-state index in [2.05, 4.69) is 22.2 Å². The molecule has 9 heteroatoms. The number of hydrogen-bond donors (Lipinski definition) is 2. The summed E-state index contributed by atoms with van der Waals surface area (Å²) in [7, 11) is 0. The molecule has 1 aliphatic carbocycles. The standard InChI is InChI=1S/C24H27N5O3S/c1-14-4-2-3-5-20(14)29(10-15-6-7-21-18(8-15)27-13-33-21)24(31)23(30)28-19-9-26-22(25)17-12-32-11-16(17)19/h6-9,13-14,20H,2-5,10-12H2,1H3,(H2,25,26)(H,28,30). The highest BCUT2D eigenvalue weighted by molar-refractivity contribution is 7.16. The number of benzene rings is 1. The Labute approximate surface area is 196 Å². The van der Waals surface area contributed by atoms with E-state index in [0.717, 1.165) is 52.6 Å². The number of carbonyl (C=O) groups is 2. The zero-order valence-electron chi connectivity index (χ0n) is 18.5. The van der Waals surface area contributed by atoms with Crippen LogP contribution in [0, 0.1) is 5.92 Å². The number of nitrogens with one attached hydrogen (secondary N) is 1. The largest absolute Gasteiger partial charge is 0.383 e. The van der Waals surface area contributed by atoms with E-state index in [1.165, 1.54) is 6.20 Å². The van der Waals surface area contributed by atoms with Crippen LogP contribution in [0.5, 0.6) is 0 Å². The molecule has 2 aromatic heterocycles. The predicted octanol–water partition coefficient (Wildman–Crippen LogP) is 3.85. The van der Waals surface area contributed by atoms with Crippen LogP contribution >= 0.6 is 11.3 Å². The number of anilines is 2. The Bertz CT molecular complexity index is 1210. The highest BCUT2D eigenvalue weighted by Gasteiger charge is 2.34. The molecule has 0 radical (unpaired) electrons. The monoisotopic (exact) mass is 465 g/mol. The molecule has 1 aromatic carbocycles. The number of ether oxygens (including phenoxy) is 1. The first-order valence-corrected chi connectivity index (χ1v) is 12.2. The fourth-order valence-electron chi connectivity index (χ4n) is 4.90. The minimum absolute atomic E-state index is 0.0155. The number of carbonyl (C=O) groups excluding carboxylic acids is 2. The third-order valence-electron chi connectivity index (χ3n) is 6.74. The summed E-state index contributed by atoms with van der Waals surface area (Å²) in [5.74, 6) is -0.476. The van der Waals surface area contributed by atoms with E-state index in [0.29, 0.717) is 37.2 Å². The van der Waals surface area contributed by atoms with Crippen LogP contribution in [-0.4, -0.2) is 32.7 Å². The summed E-state index contributed by atoms with van der Waals surface area (Å²) in [6, 6.07) is 6.06. The van der Waals surface area contributed by atoms with Gasteiger partial charge in [0.2, 0.25) is 0 Å². The number of nitrogens with two attached hydrogens (primary N) is 1. The van der Waals surface area contributed by atoms with Crippen LogP contribution in [-0.2, 0) is 34.1 Å². The number of thiazole rings is 1. The fourth-order valence-corrected chi connectivity index (χ4v) is 5.56. The number of pyridine rings is 1. The van der Waals surface area contributed by atoms with E-state index in [-0.39, 0.29) is 6.04 Å². The third-order valence-corrected chi connectivity index (χ3v) is 7.55. The second kappa shape index (κ2) is 9.07. The smallest absolute Gasteiger partial charge is 0.313 e. The van der Waals surface area contributed by atoms with Crippen molar-refractivity contribution in [3.8, 4) is 0 Å². The highest BCUT2D eigenvalue weighted by atomic mass is 32.1. The molecular weight excluding hydrogens is 438 g/mol. The molecule has 33 heavy (non-hydrogen) atoms. The second-order valence-corrected chi connectivity index (χ2v) is 9.76. The Morgan fingerprint density at radius 2 is 2.03 bits per heavy atom. The van der Waals surface area contributed by atoms with Gasteiger partial charge >= 0.3 is 11.8 Å². The Morgan fingerprint density at radius 1 is 1.21 bits per heavy atom. The molecule has 3 N–H and O–H groups in total. The molecule has 3 heterocycles. The molecule has 0 saturated heterocycles. The fraction of sp³-hybridized carbons (Fsp3) is 0.417. The minimum Gasteiger partial charge on any atom is -0.383 e. The number of amides is 2. The van der Waals surface area contributed by atoms with Gasteiger partial charge in [-0.1, -0.05) is 25.8 Å². The molecular formula is C24H27N5O3S. The average molecular weight is 466 g/mol. The van der Waals surface area contributed by atoms with Crippen molar-refractivity contribution in [1.82, 2.24) is 14.9 Å². The van der Waals surface area contributed by atoms with Gasteiger partial charge in [-0.05, 0) is 36.5 Å². The van der Waals surface area contributed by atoms with Crippen molar-refractivity contribution in [3.05, 3.63) is 46.6 Å². The Kier molecular flexibility index (Phi) is 5.99. The van der Waals surface area contributed by atoms with Gasteiger partial charge in [0.05, 0.1) is 40.8 Å². The van der Waals surface area contributed by atoms with Gasteiger partial charge in [-0.2, -0.15) is 0 Å². The molecule has 1 saturated carbocycles. The summed E-state index contributed by atoms with van der Waals surface area (Å²) in [6.07, 6.45) is 5.65. The Hall–Kier alpha value is -3.04. The number of nitrogens with zero attached hydrogens (tertiary/aromatic N) is 3. The quantitative estimate of drug-likeness (QED) is 0.566. The number of hydrogen-bond acceptors (Lipinski definition) is 7. The number of rotatable bonds is 4. The van der Waals surface area contributed by atoms with Gasteiger partial charge in [-0.25, -0.2) is 9.97 Å². The van der Waals surface area contributed by atoms with Crippen molar-refractivity contribution in [3.63, 3.8) is 0 Å². The zero-order chi connectivity index (χ0) is 22.9. The van der Waals surface area contributed by atoms with E-state index < -0.39 is 11.8 Å². The van der Waals surface area contributed by atoms with Crippen molar-refractivity contribution in [2.75, 3.05) is 11.1 Å². The van der Waals surface area contributed by atoms with Gasteiger partial charge in [0.15, 0.2) is 0 Å². The van der Waals surface area contributed by atoms with Crippen LogP contribution in [0.2, 0.25) is 0 Å². The van der Waals surface area contributed by atoms with Gasteiger partial charge in [-0.3, -0.25) is 9.59 Å². The number of aromatic nitrogens is 2. The summed E-state index contributed by atoms with van der Waals surface area (Å²) < 4.78 is 6.57. The molecule has 172 valence electrons. The topological polar surface area (TPSA) is 110 Å². The third kappa shape index (κ3) is 4.30. The maximum Gasteiger partial charge on any atom is 0.313 e. The summed E-state index contributed by atoms with van der Waals surface area (Å²) in [4.78, 5) is 36.9. The molecule has 8 nitrogen and oxygen atoms in total. The molecule has 0 bridgehead atoms. The van der Waals surface area contributed by atoms with E-state index in [1.54, 1.807) is 16.2 Å². The minimum atomic E-state index is -0.664. The molecule has 3 aromatic rings. The summed E-state index contributed by atoms with van der Waals surface area (Å²) in [5.41, 5.74) is 11.7. The van der Waals surface area contributed by atoms with Crippen molar-refractivity contribution in [1.29, 1.82) is 0 Å². The lowest BCUT2D eigenvalue weighted by molar-refractivity contribution is -0.146. The lowest BCUT2D eigenvalue weighted by atomic mass is 9.84.